The summed E-state index contributed by atoms with van der Waals surface area (Å²) >= 11 is 1.86. The second-order valence-corrected chi connectivity index (χ2v) is 5.27. The van der Waals surface area contributed by atoms with E-state index in [-0.39, 0.29) is 6.04 Å². The Labute approximate surface area is 108 Å². The second kappa shape index (κ2) is 7.66. The summed E-state index contributed by atoms with van der Waals surface area (Å²) in [6.07, 6.45) is 4.34. The van der Waals surface area contributed by atoms with Gasteiger partial charge >= 0.3 is 0 Å². The molecule has 98 valence electrons. The molecule has 2 unspecified atom stereocenters. The van der Waals surface area contributed by atoms with Crippen molar-refractivity contribution in [3.63, 3.8) is 0 Å². The largest absolute Gasteiger partial charge is 0.307 e. The van der Waals surface area contributed by atoms with Crippen LogP contribution >= 0.6 is 11.8 Å². The number of hydrogen-bond donors (Lipinski definition) is 1. The van der Waals surface area contributed by atoms with E-state index in [1.54, 1.807) is 0 Å². The van der Waals surface area contributed by atoms with Crippen molar-refractivity contribution in [3.8, 4) is 0 Å². The maximum Gasteiger partial charge on any atom is 0.168 e. The minimum Gasteiger partial charge on any atom is -0.307 e. The van der Waals surface area contributed by atoms with Crippen LogP contribution in [0, 0.1) is 0 Å². The van der Waals surface area contributed by atoms with Crippen LogP contribution in [-0.4, -0.2) is 38.8 Å². The highest BCUT2D eigenvalue weighted by molar-refractivity contribution is 7.98. The molecular weight excluding hydrogens is 234 g/mol. The zero-order valence-electron chi connectivity index (χ0n) is 11.2. The summed E-state index contributed by atoms with van der Waals surface area (Å²) in [5, 5.41) is 15.4. The molecule has 0 radical (unpaired) electrons. The molecule has 0 aliphatic carbocycles. The Morgan fingerprint density at radius 3 is 2.82 bits per heavy atom. The third-order valence-corrected chi connectivity index (χ3v) is 3.41. The SMILES string of the molecule is CCCNC(C)c1nnnn1C(C)CCSC. The molecule has 1 heterocycles. The molecule has 0 spiro atoms. The van der Waals surface area contributed by atoms with E-state index in [0.29, 0.717) is 6.04 Å². The van der Waals surface area contributed by atoms with Gasteiger partial charge in [-0.3, -0.25) is 0 Å². The monoisotopic (exact) mass is 257 g/mol. The minimum absolute atomic E-state index is 0.210. The Kier molecular flexibility index (Phi) is 6.50. The Morgan fingerprint density at radius 1 is 1.41 bits per heavy atom. The predicted molar refractivity (Wildman–Crippen MR) is 72.2 cm³/mol. The van der Waals surface area contributed by atoms with Gasteiger partial charge in [0.1, 0.15) is 0 Å². The van der Waals surface area contributed by atoms with Gasteiger partial charge in [-0.25, -0.2) is 4.68 Å². The number of thioether (sulfide) groups is 1. The highest BCUT2D eigenvalue weighted by Gasteiger charge is 2.17. The fourth-order valence-electron chi connectivity index (χ4n) is 1.66. The van der Waals surface area contributed by atoms with E-state index in [2.05, 4.69) is 47.9 Å². The summed E-state index contributed by atoms with van der Waals surface area (Å²) in [5.41, 5.74) is 0. The van der Waals surface area contributed by atoms with Crippen molar-refractivity contribution in [3.05, 3.63) is 5.82 Å². The highest BCUT2D eigenvalue weighted by Crippen LogP contribution is 2.17. The summed E-state index contributed by atoms with van der Waals surface area (Å²) in [5.74, 6) is 2.07. The van der Waals surface area contributed by atoms with E-state index in [9.17, 15) is 0 Å². The van der Waals surface area contributed by atoms with Crippen molar-refractivity contribution in [1.29, 1.82) is 0 Å². The number of rotatable bonds is 8. The van der Waals surface area contributed by atoms with Crippen LogP contribution in [0.5, 0.6) is 0 Å². The molecule has 1 aromatic rings. The highest BCUT2D eigenvalue weighted by atomic mass is 32.2. The molecule has 0 aliphatic rings. The zero-order valence-corrected chi connectivity index (χ0v) is 12.0. The second-order valence-electron chi connectivity index (χ2n) is 4.29. The fraction of sp³-hybridized carbons (Fsp3) is 0.909. The van der Waals surface area contributed by atoms with Gasteiger partial charge in [0.2, 0.25) is 0 Å². The van der Waals surface area contributed by atoms with Crippen molar-refractivity contribution in [1.82, 2.24) is 25.5 Å². The molecule has 0 saturated carbocycles. The Morgan fingerprint density at radius 2 is 2.18 bits per heavy atom. The van der Waals surface area contributed by atoms with E-state index < -0.39 is 0 Å². The first-order chi connectivity index (χ1) is 8.20. The zero-order chi connectivity index (χ0) is 12.7. The number of nitrogens with one attached hydrogen (secondary N) is 1. The molecule has 0 saturated heterocycles. The molecule has 1 aromatic heterocycles. The Hall–Kier alpha value is -0.620. The van der Waals surface area contributed by atoms with Crippen molar-refractivity contribution in [2.75, 3.05) is 18.6 Å². The van der Waals surface area contributed by atoms with Gasteiger partial charge < -0.3 is 5.32 Å². The van der Waals surface area contributed by atoms with Gasteiger partial charge in [-0.05, 0) is 55.7 Å². The van der Waals surface area contributed by atoms with E-state index in [4.69, 9.17) is 0 Å². The van der Waals surface area contributed by atoms with Crippen molar-refractivity contribution >= 4 is 11.8 Å². The molecule has 0 aliphatic heterocycles. The first kappa shape index (κ1) is 14.4. The quantitative estimate of drug-likeness (QED) is 0.772. The average Bonchev–Trinajstić information content (AvgIpc) is 2.82. The molecule has 17 heavy (non-hydrogen) atoms. The summed E-state index contributed by atoms with van der Waals surface area (Å²) in [6, 6.07) is 0.569. The standard InChI is InChI=1S/C11H23N5S/c1-5-7-12-10(3)11-13-14-15-16(11)9(2)6-8-17-4/h9-10,12H,5-8H2,1-4H3. The molecule has 1 rings (SSSR count). The first-order valence-corrected chi connectivity index (χ1v) is 7.60. The van der Waals surface area contributed by atoms with E-state index in [1.807, 2.05) is 16.4 Å². The van der Waals surface area contributed by atoms with Gasteiger partial charge in [0, 0.05) is 0 Å². The third-order valence-electron chi connectivity index (χ3n) is 2.76. The molecule has 0 bridgehead atoms. The van der Waals surface area contributed by atoms with Gasteiger partial charge in [0.25, 0.3) is 0 Å². The summed E-state index contributed by atoms with van der Waals surface area (Å²) < 4.78 is 1.95. The lowest BCUT2D eigenvalue weighted by molar-refractivity contribution is 0.420. The topological polar surface area (TPSA) is 55.6 Å². The summed E-state index contributed by atoms with van der Waals surface area (Å²) in [6.45, 7) is 7.43. The van der Waals surface area contributed by atoms with E-state index >= 15 is 0 Å². The van der Waals surface area contributed by atoms with Gasteiger partial charge in [-0.2, -0.15) is 11.8 Å². The van der Waals surface area contributed by atoms with Crippen LogP contribution in [0.4, 0.5) is 0 Å². The van der Waals surface area contributed by atoms with Gasteiger partial charge in [-0.15, -0.1) is 5.10 Å². The van der Waals surface area contributed by atoms with Crippen LogP contribution in [0.1, 0.15) is 51.5 Å². The molecule has 2 atom stereocenters. The fourth-order valence-corrected chi connectivity index (χ4v) is 2.24. The van der Waals surface area contributed by atoms with Crippen LogP contribution in [-0.2, 0) is 0 Å². The number of nitrogens with zero attached hydrogens (tertiary/aromatic N) is 4. The lowest BCUT2D eigenvalue weighted by Gasteiger charge is -2.17. The molecule has 0 amide bonds. The third kappa shape index (κ3) is 4.27. The van der Waals surface area contributed by atoms with E-state index in [1.165, 1.54) is 0 Å². The molecule has 6 heteroatoms. The van der Waals surface area contributed by atoms with Crippen molar-refractivity contribution in [2.45, 2.75) is 45.7 Å². The smallest absolute Gasteiger partial charge is 0.168 e. The number of aromatic nitrogens is 4. The maximum absolute atomic E-state index is 4.13. The lowest BCUT2D eigenvalue weighted by atomic mass is 10.2. The maximum atomic E-state index is 4.13. The summed E-state index contributed by atoms with van der Waals surface area (Å²) in [7, 11) is 0. The lowest BCUT2D eigenvalue weighted by Crippen LogP contribution is -2.24. The van der Waals surface area contributed by atoms with Crippen LogP contribution in [0.25, 0.3) is 0 Å². The molecule has 0 fully saturated rings. The van der Waals surface area contributed by atoms with Crippen molar-refractivity contribution in [2.24, 2.45) is 0 Å². The number of tetrazole rings is 1. The van der Waals surface area contributed by atoms with Crippen LogP contribution in [0.2, 0.25) is 0 Å². The van der Waals surface area contributed by atoms with Gasteiger partial charge in [0.15, 0.2) is 5.82 Å². The average molecular weight is 257 g/mol. The summed E-state index contributed by atoms with van der Waals surface area (Å²) in [4.78, 5) is 0. The predicted octanol–water partition coefficient (Wildman–Crippen LogP) is 2.05. The minimum atomic E-state index is 0.210. The molecule has 0 aromatic carbocycles. The normalized spacial score (nSPS) is 14.8. The first-order valence-electron chi connectivity index (χ1n) is 6.20. The van der Waals surface area contributed by atoms with Gasteiger partial charge in [0.05, 0.1) is 12.1 Å². The Balaban J connectivity index is 2.63. The van der Waals surface area contributed by atoms with E-state index in [0.717, 1.165) is 31.0 Å². The molecule has 5 nitrogen and oxygen atoms in total. The molecule has 1 N–H and O–H groups in total. The Bertz CT molecular complexity index is 286. The molecular formula is C11H23N5S. The van der Waals surface area contributed by atoms with Gasteiger partial charge in [-0.1, -0.05) is 6.92 Å². The van der Waals surface area contributed by atoms with Crippen LogP contribution in [0.3, 0.4) is 0 Å². The van der Waals surface area contributed by atoms with Crippen molar-refractivity contribution < 1.29 is 0 Å². The number of hydrogen-bond acceptors (Lipinski definition) is 5. The van der Waals surface area contributed by atoms with Crippen LogP contribution < -0.4 is 5.32 Å². The van der Waals surface area contributed by atoms with Crippen LogP contribution in [0.15, 0.2) is 0 Å².